The molecule has 0 unspecified atom stereocenters. The molecule has 116 valence electrons. The van der Waals surface area contributed by atoms with Gasteiger partial charge in [0.2, 0.25) is 0 Å². The average molecular weight is 290 g/mol. The minimum absolute atomic E-state index is 0.0150. The topological polar surface area (TPSA) is 50.4 Å². The van der Waals surface area contributed by atoms with Crippen LogP contribution < -0.4 is 10.6 Å². The highest BCUT2D eigenvalue weighted by Crippen LogP contribution is 2.18. The Bertz CT molecular complexity index is 472. The Morgan fingerprint density at radius 3 is 3.05 bits per heavy atom. The van der Waals surface area contributed by atoms with Gasteiger partial charge in [0.1, 0.15) is 0 Å². The average Bonchev–Trinajstić information content (AvgIpc) is 2.49. The van der Waals surface area contributed by atoms with Crippen molar-refractivity contribution in [3.8, 4) is 0 Å². The fraction of sp³-hybridized carbons (Fsp3) is 0.588. The second kappa shape index (κ2) is 8.15. The molecular weight excluding hydrogens is 264 g/mol. The maximum absolute atomic E-state index is 12.3. The van der Waals surface area contributed by atoms with Gasteiger partial charge < -0.3 is 15.4 Å². The molecule has 0 saturated heterocycles. The predicted molar refractivity (Wildman–Crippen MR) is 84.5 cm³/mol. The van der Waals surface area contributed by atoms with E-state index in [1.54, 1.807) is 0 Å². The van der Waals surface area contributed by atoms with Gasteiger partial charge in [0.15, 0.2) is 0 Å². The lowest BCUT2D eigenvalue weighted by Gasteiger charge is -2.20. The van der Waals surface area contributed by atoms with Crippen LogP contribution in [0.1, 0.15) is 41.8 Å². The third kappa shape index (κ3) is 4.83. The smallest absolute Gasteiger partial charge is 0.251 e. The molecule has 0 spiro atoms. The molecule has 2 N–H and O–H groups in total. The molecule has 4 nitrogen and oxygen atoms in total. The van der Waals surface area contributed by atoms with Crippen molar-refractivity contribution in [1.82, 2.24) is 10.6 Å². The van der Waals surface area contributed by atoms with Gasteiger partial charge in [0.25, 0.3) is 5.91 Å². The maximum Gasteiger partial charge on any atom is 0.251 e. The largest absolute Gasteiger partial charge is 0.380 e. The molecule has 21 heavy (non-hydrogen) atoms. The van der Waals surface area contributed by atoms with E-state index < -0.39 is 0 Å². The first-order valence-electron chi connectivity index (χ1n) is 7.86. The Morgan fingerprint density at radius 2 is 2.24 bits per heavy atom. The molecule has 0 aromatic heterocycles. The van der Waals surface area contributed by atoms with Crippen LogP contribution >= 0.6 is 0 Å². The summed E-state index contributed by atoms with van der Waals surface area (Å²) in [6.07, 6.45) is 1.98. The van der Waals surface area contributed by atoms with Gasteiger partial charge in [-0.2, -0.15) is 0 Å². The Hall–Kier alpha value is -1.39. The van der Waals surface area contributed by atoms with Crippen molar-refractivity contribution in [1.29, 1.82) is 0 Å². The molecule has 0 fully saturated rings. The predicted octanol–water partition coefficient (Wildman–Crippen LogP) is 2.12. The van der Waals surface area contributed by atoms with E-state index in [1.807, 2.05) is 12.1 Å². The summed E-state index contributed by atoms with van der Waals surface area (Å²) >= 11 is 0. The van der Waals surface area contributed by atoms with Crippen LogP contribution in [0.15, 0.2) is 18.2 Å². The van der Waals surface area contributed by atoms with E-state index in [9.17, 15) is 4.79 Å². The van der Waals surface area contributed by atoms with Crippen LogP contribution in [-0.2, 0) is 17.7 Å². The molecule has 2 rings (SSSR count). The first-order valence-corrected chi connectivity index (χ1v) is 7.86. The number of benzene rings is 1. The molecule has 1 aliphatic heterocycles. The third-order valence-corrected chi connectivity index (χ3v) is 3.76. The number of amides is 1. The van der Waals surface area contributed by atoms with Crippen molar-refractivity contribution in [2.75, 3.05) is 26.3 Å². The van der Waals surface area contributed by atoms with E-state index in [-0.39, 0.29) is 5.91 Å². The molecule has 0 aliphatic carbocycles. The molecular formula is C17H26N2O2. The highest BCUT2D eigenvalue weighted by molar-refractivity contribution is 5.96. The van der Waals surface area contributed by atoms with Crippen molar-refractivity contribution in [2.45, 2.75) is 33.2 Å². The van der Waals surface area contributed by atoms with Crippen molar-refractivity contribution in [3.05, 3.63) is 34.9 Å². The van der Waals surface area contributed by atoms with Gasteiger partial charge in [-0.1, -0.05) is 26.0 Å². The van der Waals surface area contributed by atoms with Crippen LogP contribution in [-0.4, -0.2) is 32.2 Å². The van der Waals surface area contributed by atoms with Crippen molar-refractivity contribution < 1.29 is 9.53 Å². The van der Waals surface area contributed by atoms with E-state index in [1.165, 1.54) is 11.1 Å². The molecule has 1 amide bonds. The molecule has 0 atom stereocenters. The quantitative estimate of drug-likeness (QED) is 0.756. The van der Waals surface area contributed by atoms with Crippen LogP contribution in [0.25, 0.3) is 0 Å². The zero-order valence-corrected chi connectivity index (χ0v) is 13.1. The number of ether oxygens (including phenoxy) is 1. The summed E-state index contributed by atoms with van der Waals surface area (Å²) in [5, 5.41) is 6.28. The van der Waals surface area contributed by atoms with Crippen LogP contribution in [0.4, 0.5) is 0 Å². The summed E-state index contributed by atoms with van der Waals surface area (Å²) in [6.45, 7) is 8.06. The molecule has 1 aromatic rings. The van der Waals surface area contributed by atoms with Crippen LogP contribution in [0.3, 0.4) is 0 Å². The van der Waals surface area contributed by atoms with E-state index in [2.05, 4.69) is 30.5 Å². The minimum Gasteiger partial charge on any atom is -0.380 e. The number of carbonyl (C=O) groups is 1. The normalized spacial score (nSPS) is 14.0. The number of fused-ring (bicyclic) bond motifs is 1. The third-order valence-electron chi connectivity index (χ3n) is 3.76. The summed E-state index contributed by atoms with van der Waals surface area (Å²) in [7, 11) is 0. The zero-order chi connectivity index (χ0) is 15.1. The van der Waals surface area contributed by atoms with Gasteiger partial charge in [-0.05, 0) is 42.5 Å². The Balaban J connectivity index is 1.79. The monoisotopic (exact) mass is 290 g/mol. The number of carbonyl (C=O) groups excluding carboxylic acids is 1. The van der Waals surface area contributed by atoms with Gasteiger partial charge in [0, 0.05) is 25.3 Å². The summed E-state index contributed by atoms with van der Waals surface area (Å²) in [5.41, 5.74) is 3.24. The van der Waals surface area contributed by atoms with Crippen molar-refractivity contribution in [3.63, 3.8) is 0 Å². The summed E-state index contributed by atoms with van der Waals surface area (Å²) in [5.74, 6) is 0.672. The van der Waals surface area contributed by atoms with Crippen LogP contribution in [0.5, 0.6) is 0 Å². The molecule has 4 heteroatoms. The van der Waals surface area contributed by atoms with Crippen molar-refractivity contribution in [2.24, 2.45) is 5.92 Å². The molecule has 0 bridgehead atoms. The van der Waals surface area contributed by atoms with Gasteiger partial charge >= 0.3 is 0 Å². The van der Waals surface area contributed by atoms with Gasteiger partial charge in [-0.3, -0.25) is 4.79 Å². The molecule has 1 aromatic carbocycles. The minimum atomic E-state index is 0.0150. The number of hydrogen-bond donors (Lipinski definition) is 2. The zero-order valence-electron chi connectivity index (χ0n) is 13.1. The van der Waals surface area contributed by atoms with Gasteiger partial charge in [-0.15, -0.1) is 0 Å². The van der Waals surface area contributed by atoms with E-state index >= 15 is 0 Å². The number of hydrogen-bond acceptors (Lipinski definition) is 3. The van der Waals surface area contributed by atoms with E-state index in [0.717, 1.165) is 38.1 Å². The fourth-order valence-electron chi connectivity index (χ4n) is 2.50. The summed E-state index contributed by atoms with van der Waals surface area (Å²) in [4.78, 5) is 12.3. The maximum atomic E-state index is 12.3. The van der Waals surface area contributed by atoms with E-state index in [0.29, 0.717) is 19.1 Å². The van der Waals surface area contributed by atoms with Crippen LogP contribution in [0, 0.1) is 5.92 Å². The Morgan fingerprint density at radius 1 is 1.38 bits per heavy atom. The fourth-order valence-corrected chi connectivity index (χ4v) is 2.50. The van der Waals surface area contributed by atoms with Gasteiger partial charge in [-0.25, -0.2) is 0 Å². The lowest BCUT2D eigenvalue weighted by atomic mass is 9.95. The lowest BCUT2D eigenvalue weighted by molar-refractivity contribution is 0.0904. The standard InChI is InChI=1S/C17H26N2O2/c1-13(2)7-10-21-11-9-19-17(20)16-5-3-4-14-12-18-8-6-15(14)16/h3-5,13,18H,6-12H2,1-2H3,(H,19,20). The summed E-state index contributed by atoms with van der Waals surface area (Å²) < 4.78 is 5.52. The Labute approximate surface area is 127 Å². The number of nitrogens with one attached hydrogen (secondary N) is 2. The highest BCUT2D eigenvalue weighted by atomic mass is 16.5. The van der Waals surface area contributed by atoms with E-state index in [4.69, 9.17) is 4.74 Å². The number of rotatable bonds is 7. The SMILES string of the molecule is CC(C)CCOCCNC(=O)c1cccc2c1CCNC2. The van der Waals surface area contributed by atoms with Crippen LogP contribution in [0.2, 0.25) is 0 Å². The summed E-state index contributed by atoms with van der Waals surface area (Å²) in [6, 6.07) is 5.96. The molecule has 0 saturated carbocycles. The van der Waals surface area contributed by atoms with Gasteiger partial charge in [0.05, 0.1) is 6.61 Å². The Kier molecular flexibility index (Phi) is 6.21. The molecule has 0 radical (unpaired) electrons. The second-order valence-corrected chi connectivity index (χ2v) is 5.92. The second-order valence-electron chi connectivity index (χ2n) is 5.92. The first-order chi connectivity index (χ1) is 10.2. The first kappa shape index (κ1) is 16.0. The lowest BCUT2D eigenvalue weighted by Crippen LogP contribution is -2.31. The highest BCUT2D eigenvalue weighted by Gasteiger charge is 2.16. The molecule has 1 heterocycles. The van der Waals surface area contributed by atoms with Crippen molar-refractivity contribution >= 4 is 5.91 Å². The molecule has 1 aliphatic rings.